The number of hydrogen-bond acceptors (Lipinski definition) is 15. The van der Waals surface area contributed by atoms with E-state index in [2.05, 4.69) is 86.8 Å². The van der Waals surface area contributed by atoms with Crippen LogP contribution in [-0.2, 0) is 38.0 Å². The molecular formula is C53H88O15. The van der Waals surface area contributed by atoms with Gasteiger partial charge in [0, 0.05) is 12.8 Å². The SMILES string of the molecule is CC/C=C/C/C=C/C/C=C/C/C=C/C/C=C/CCCCCC(=O)O[C@H](COC(=O)CCCCC/C=C/CCCCCCCC)CO[C@H]1O[C@@H](CO[C@H]2O[C@@H](CO)[C@@H](O)C(O)C2O)[C@@H](O)C(O)C1O. The van der Waals surface area contributed by atoms with Gasteiger partial charge in [-0.3, -0.25) is 9.59 Å². The van der Waals surface area contributed by atoms with Gasteiger partial charge in [-0.15, -0.1) is 0 Å². The first-order valence-electron chi connectivity index (χ1n) is 25.5. The van der Waals surface area contributed by atoms with E-state index in [-0.39, 0.29) is 19.4 Å². The van der Waals surface area contributed by atoms with Crippen LogP contribution in [0.4, 0.5) is 0 Å². The Bertz CT molecular complexity index is 1460. The second kappa shape index (κ2) is 39.6. The highest BCUT2D eigenvalue weighted by Gasteiger charge is 2.47. The van der Waals surface area contributed by atoms with Crippen LogP contribution in [0, 0.1) is 0 Å². The van der Waals surface area contributed by atoms with Gasteiger partial charge in [-0.25, -0.2) is 0 Å². The summed E-state index contributed by atoms with van der Waals surface area (Å²) < 4.78 is 33.5. The molecule has 0 spiro atoms. The minimum absolute atomic E-state index is 0.119. The predicted molar refractivity (Wildman–Crippen MR) is 261 cm³/mol. The number of carbonyl (C=O) groups excluding carboxylic acids is 2. The van der Waals surface area contributed by atoms with Gasteiger partial charge < -0.3 is 64.2 Å². The van der Waals surface area contributed by atoms with Crippen molar-refractivity contribution in [3.63, 3.8) is 0 Å². The molecule has 0 amide bonds. The third-order valence-corrected chi connectivity index (χ3v) is 11.7. The van der Waals surface area contributed by atoms with Gasteiger partial charge in [-0.1, -0.05) is 132 Å². The highest BCUT2D eigenvalue weighted by Crippen LogP contribution is 2.26. The standard InChI is InChI=1S/C53H88O15/c1-3-5-7-9-11-13-15-17-18-19-20-21-22-24-26-28-30-32-34-36-45(56)66-41(38-63-44(55)35-33-31-29-27-25-23-16-14-12-10-8-6-4-2)39-64-52-51(62)49(60)47(58)43(68-52)40-65-53-50(61)48(59)46(57)42(37-54)67-53/h5,7,11,13,17-18,20-21,23-26,41-43,46-54,57-62H,3-4,6,8-10,12,14-16,19,22,27-40H2,1-2H3/b7-5+,13-11+,18-17+,21-20+,25-23+,26-24+/t41-,42+,43+,46-,47-,48?,49?,50?,51?,52+,53+/m1/s1. The maximum absolute atomic E-state index is 13.0. The Hall–Kier alpha value is -3.06. The predicted octanol–water partition coefficient (Wildman–Crippen LogP) is 7.04. The molecule has 2 aliphatic rings. The highest BCUT2D eigenvalue weighted by molar-refractivity contribution is 5.70. The maximum Gasteiger partial charge on any atom is 0.306 e. The molecule has 0 aromatic heterocycles. The number of ether oxygens (including phenoxy) is 6. The molecule has 0 aromatic rings. The van der Waals surface area contributed by atoms with E-state index in [1.165, 1.54) is 38.5 Å². The lowest BCUT2D eigenvalue weighted by molar-refractivity contribution is -0.332. The second-order valence-corrected chi connectivity index (χ2v) is 17.6. The molecule has 7 N–H and O–H groups in total. The Labute approximate surface area is 406 Å². The molecule has 0 aromatic carbocycles. The first-order valence-corrected chi connectivity index (χ1v) is 25.5. The second-order valence-electron chi connectivity index (χ2n) is 17.6. The van der Waals surface area contributed by atoms with Crippen LogP contribution >= 0.6 is 0 Å². The molecule has 11 atom stereocenters. The van der Waals surface area contributed by atoms with Crippen LogP contribution in [0.3, 0.4) is 0 Å². The summed E-state index contributed by atoms with van der Waals surface area (Å²) in [7, 11) is 0. The first kappa shape index (κ1) is 61.1. The van der Waals surface area contributed by atoms with Gasteiger partial charge in [0.2, 0.25) is 0 Å². The van der Waals surface area contributed by atoms with Gasteiger partial charge in [0.15, 0.2) is 18.7 Å². The first-order chi connectivity index (χ1) is 33.0. The van der Waals surface area contributed by atoms with E-state index in [4.69, 9.17) is 28.4 Å². The zero-order valence-corrected chi connectivity index (χ0v) is 41.1. The number of esters is 2. The van der Waals surface area contributed by atoms with E-state index in [9.17, 15) is 45.3 Å². The lowest BCUT2D eigenvalue weighted by atomic mass is 9.98. The number of carbonyl (C=O) groups is 2. The Morgan fingerprint density at radius 2 is 0.926 bits per heavy atom. The van der Waals surface area contributed by atoms with Crippen molar-refractivity contribution >= 4 is 11.9 Å². The number of aliphatic hydroxyl groups excluding tert-OH is 7. The molecule has 4 unspecified atom stereocenters. The van der Waals surface area contributed by atoms with E-state index < -0.39 is 99.3 Å². The maximum atomic E-state index is 13.0. The van der Waals surface area contributed by atoms with Crippen LogP contribution in [0.1, 0.15) is 155 Å². The molecular weight excluding hydrogens is 877 g/mol. The van der Waals surface area contributed by atoms with E-state index in [1.807, 2.05) is 0 Å². The van der Waals surface area contributed by atoms with Crippen molar-refractivity contribution < 1.29 is 73.8 Å². The largest absolute Gasteiger partial charge is 0.462 e. The third kappa shape index (κ3) is 27.4. The summed E-state index contributed by atoms with van der Waals surface area (Å²) in [4.78, 5) is 25.7. The van der Waals surface area contributed by atoms with E-state index >= 15 is 0 Å². The van der Waals surface area contributed by atoms with E-state index in [1.54, 1.807) is 0 Å². The molecule has 0 saturated carbocycles. The number of hydrogen-bond donors (Lipinski definition) is 7. The van der Waals surface area contributed by atoms with Gasteiger partial charge >= 0.3 is 11.9 Å². The fraction of sp³-hybridized carbons (Fsp3) is 0.736. The summed E-state index contributed by atoms with van der Waals surface area (Å²) in [6.07, 6.45) is 29.3. The van der Waals surface area contributed by atoms with Crippen LogP contribution < -0.4 is 0 Å². The fourth-order valence-corrected chi connectivity index (χ4v) is 7.47. The highest BCUT2D eigenvalue weighted by atomic mass is 16.7. The van der Waals surface area contributed by atoms with Crippen molar-refractivity contribution in [2.45, 2.75) is 223 Å². The summed E-state index contributed by atoms with van der Waals surface area (Å²) >= 11 is 0. The topological polar surface area (TPSA) is 231 Å². The summed E-state index contributed by atoms with van der Waals surface area (Å²) in [5, 5.41) is 72.1. The molecule has 15 nitrogen and oxygen atoms in total. The van der Waals surface area contributed by atoms with Gasteiger partial charge in [-0.05, 0) is 83.5 Å². The molecule has 0 bridgehead atoms. The lowest BCUT2D eigenvalue weighted by Crippen LogP contribution is -2.61. The Balaban J connectivity index is 1.84. The van der Waals surface area contributed by atoms with Gasteiger partial charge in [-0.2, -0.15) is 0 Å². The van der Waals surface area contributed by atoms with E-state index in [0.717, 1.165) is 77.0 Å². The quantitative estimate of drug-likeness (QED) is 0.0187. The van der Waals surface area contributed by atoms with Crippen LogP contribution in [0.2, 0.25) is 0 Å². The molecule has 68 heavy (non-hydrogen) atoms. The van der Waals surface area contributed by atoms with E-state index in [0.29, 0.717) is 12.8 Å². The number of unbranched alkanes of at least 4 members (excludes halogenated alkanes) is 12. The number of rotatable bonds is 38. The summed E-state index contributed by atoms with van der Waals surface area (Å²) in [5.74, 6) is -0.988. The average molecular weight is 965 g/mol. The minimum Gasteiger partial charge on any atom is -0.462 e. The van der Waals surface area contributed by atoms with Crippen LogP contribution in [-0.4, -0.2) is 142 Å². The molecule has 0 radical (unpaired) electrons. The summed E-state index contributed by atoms with van der Waals surface area (Å²) in [6, 6.07) is 0. The third-order valence-electron chi connectivity index (χ3n) is 11.7. The van der Waals surface area contributed by atoms with Crippen molar-refractivity contribution in [3.05, 3.63) is 72.9 Å². The van der Waals surface area contributed by atoms with Crippen molar-refractivity contribution in [1.29, 1.82) is 0 Å². The van der Waals surface area contributed by atoms with Crippen LogP contribution in [0.25, 0.3) is 0 Å². The minimum atomic E-state index is -1.78. The van der Waals surface area contributed by atoms with Gasteiger partial charge in [0.05, 0.1) is 19.8 Å². The molecule has 2 aliphatic heterocycles. The van der Waals surface area contributed by atoms with Crippen molar-refractivity contribution in [3.8, 4) is 0 Å². The molecule has 15 heteroatoms. The number of allylic oxidation sites excluding steroid dienone is 12. The zero-order chi connectivity index (χ0) is 49.6. The smallest absolute Gasteiger partial charge is 0.306 e. The Morgan fingerprint density at radius 1 is 0.485 bits per heavy atom. The Kier molecular flexibility index (Phi) is 35.6. The lowest BCUT2D eigenvalue weighted by Gasteiger charge is -2.42. The average Bonchev–Trinajstić information content (AvgIpc) is 3.33. The van der Waals surface area contributed by atoms with Crippen LogP contribution in [0.15, 0.2) is 72.9 Å². The Morgan fingerprint density at radius 3 is 1.47 bits per heavy atom. The van der Waals surface area contributed by atoms with Crippen molar-refractivity contribution in [1.82, 2.24) is 0 Å². The molecule has 2 fully saturated rings. The summed E-state index contributed by atoms with van der Waals surface area (Å²) in [6.45, 7) is 2.40. The molecule has 2 saturated heterocycles. The van der Waals surface area contributed by atoms with Gasteiger partial charge in [0.1, 0.15) is 55.4 Å². The van der Waals surface area contributed by atoms with Crippen LogP contribution in [0.5, 0.6) is 0 Å². The fourth-order valence-electron chi connectivity index (χ4n) is 7.47. The normalized spacial score (nSPS) is 26.4. The van der Waals surface area contributed by atoms with Crippen molar-refractivity contribution in [2.24, 2.45) is 0 Å². The molecule has 0 aliphatic carbocycles. The van der Waals surface area contributed by atoms with Crippen molar-refractivity contribution in [2.75, 3.05) is 26.4 Å². The monoisotopic (exact) mass is 965 g/mol. The zero-order valence-electron chi connectivity index (χ0n) is 41.1. The number of aliphatic hydroxyl groups is 7. The molecule has 390 valence electrons. The summed E-state index contributed by atoms with van der Waals surface area (Å²) in [5.41, 5.74) is 0. The molecule has 2 heterocycles. The molecule has 2 rings (SSSR count). The van der Waals surface area contributed by atoms with Gasteiger partial charge in [0.25, 0.3) is 0 Å².